The normalized spacial score (nSPS) is 10.7. The zero-order valence-electron chi connectivity index (χ0n) is 20.8. The summed E-state index contributed by atoms with van der Waals surface area (Å²) in [7, 11) is 3.47. The van der Waals surface area contributed by atoms with Crippen LogP contribution in [0, 0.1) is 13.8 Å². The number of hydrogen-bond donors (Lipinski definition) is 3. The first-order valence-corrected chi connectivity index (χ1v) is 11.3. The Kier molecular flexibility index (Phi) is 7.40. The lowest BCUT2D eigenvalue weighted by Crippen LogP contribution is -2.25. The van der Waals surface area contributed by atoms with E-state index in [2.05, 4.69) is 36.2 Å². The number of ether oxygens (including phenoxy) is 1. The van der Waals surface area contributed by atoms with Crippen LogP contribution in [-0.2, 0) is 11.9 Å². The SMILES string of the molecule is CCONC(=O)c1c(Nc2ccc(-c3ccnn3C)cc2OC)ccnc1Nc1cc(C)nc(C)n1. The van der Waals surface area contributed by atoms with E-state index in [0.29, 0.717) is 41.2 Å². The first kappa shape index (κ1) is 24.6. The molecule has 0 aliphatic carbocycles. The van der Waals surface area contributed by atoms with Crippen molar-refractivity contribution in [3.8, 4) is 17.0 Å². The van der Waals surface area contributed by atoms with Gasteiger partial charge in [-0.3, -0.25) is 14.3 Å². The van der Waals surface area contributed by atoms with Gasteiger partial charge in [0.2, 0.25) is 0 Å². The highest BCUT2D eigenvalue weighted by Crippen LogP contribution is 2.35. The van der Waals surface area contributed by atoms with Crippen LogP contribution in [0.3, 0.4) is 0 Å². The summed E-state index contributed by atoms with van der Waals surface area (Å²) in [5.74, 6) is 1.56. The largest absolute Gasteiger partial charge is 0.495 e. The molecule has 0 spiro atoms. The number of aryl methyl sites for hydroxylation is 3. The molecule has 0 aliphatic heterocycles. The summed E-state index contributed by atoms with van der Waals surface area (Å²) in [5.41, 5.74) is 6.55. The highest BCUT2D eigenvalue weighted by Gasteiger charge is 2.20. The molecule has 0 unspecified atom stereocenters. The second-order valence-electron chi connectivity index (χ2n) is 7.89. The van der Waals surface area contributed by atoms with E-state index >= 15 is 0 Å². The lowest BCUT2D eigenvalue weighted by molar-refractivity contribution is 0.0366. The van der Waals surface area contributed by atoms with Gasteiger partial charge in [-0.2, -0.15) is 5.10 Å². The van der Waals surface area contributed by atoms with E-state index in [4.69, 9.17) is 9.57 Å². The molecule has 0 saturated heterocycles. The summed E-state index contributed by atoms with van der Waals surface area (Å²) < 4.78 is 7.44. The van der Waals surface area contributed by atoms with Crippen molar-refractivity contribution in [1.82, 2.24) is 30.2 Å². The van der Waals surface area contributed by atoms with Gasteiger partial charge in [-0.15, -0.1) is 0 Å². The van der Waals surface area contributed by atoms with Crippen molar-refractivity contribution in [1.29, 1.82) is 0 Å². The molecular formula is C25H28N8O3. The van der Waals surface area contributed by atoms with Crippen molar-refractivity contribution >= 4 is 28.9 Å². The molecule has 1 amide bonds. The first-order valence-electron chi connectivity index (χ1n) is 11.3. The number of methoxy groups -OCH3 is 1. The van der Waals surface area contributed by atoms with Gasteiger partial charge >= 0.3 is 0 Å². The highest BCUT2D eigenvalue weighted by molar-refractivity contribution is 6.04. The molecule has 36 heavy (non-hydrogen) atoms. The van der Waals surface area contributed by atoms with E-state index in [1.165, 1.54) is 0 Å². The Morgan fingerprint density at radius 2 is 1.86 bits per heavy atom. The van der Waals surface area contributed by atoms with Crippen LogP contribution in [0.1, 0.15) is 28.8 Å². The Labute approximate surface area is 208 Å². The molecule has 11 nitrogen and oxygen atoms in total. The lowest BCUT2D eigenvalue weighted by Gasteiger charge is -2.18. The van der Waals surface area contributed by atoms with Crippen molar-refractivity contribution in [3.05, 3.63) is 65.9 Å². The van der Waals surface area contributed by atoms with Gasteiger partial charge in [-0.25, -0.2) is 20.4 Å². The zero-order chi connectivity index (χ0) is 25.7. The molecule has 0 fully saturated rings. The molecule has 1 aromatic carbocycles. The quantitative estimate of drug-likeness (QED) is 0.299. The van der Waals surface area contributed by atoms with Crippen molar-refractivity contribution in [2.45, 2.75) is 20.8 Å². The van der Waals surface area contributed by atoms with E-state index in [1.54, 1.807) is 50.2 Å². The molecular weight excluding hydrogens is 460 g/mol. The van der Waals surface area contributed by atoms with E-state index in [0.717, 1.165) is 17.0 Å². The predicted octanol–water partition coefficient (Wildman–Crippen LogP) is 4.07. The summed E-state index contributed by atoms with van der Waals surface area (Å²) in [6.45, 7) is 5.76. The smallest absolute Gasteiger partial charge is 0.280 e. The minimum Gasteiger partial charge on any atom is -0.495 e. The second kappa shape index (κ2) is 10.8. The summed E-state index contributed by atoms with van der Waals surface area (Å²) in [4.78, 5) is 31.4. The molecule has 4 aromatic rings. The number of anilines is 4. The van der Waals surface area contributed by atoms with Crippen LogP contribution in [0.5, 0.6) is 5.75 Å². The van der Waals surface area contributed by atoms with E-state index in [9.17, 15) is 4.79 Å². The van der Waals surface area contributed by atoms with Gasteiger partial charge in [0.05, 0.1) is 30.8 Å². The fourth-order valence-electron chi connectivity index (χ4n) is 3.74. The Hall–Kier alpha value is -4.51. The van der Waals surface area contributed by atoms with Gasteiger partial charge in [0.1, 0.15) is 28.8 Å². The minimum absolute atomic E-state index is 0.248. The van der Waals surface area contributed by atoms with Gasteiger partial charge in [0.25, 0.3) is 5.91 Å². The number of hydrogen-bond acceptors (Lipinski definition) is 9. The number of aromatic nitrogens is 5. The van der Waals surface area contributed by atoms with Crippen molar-refractivity contribution in [3.63, 3.8) is 0 Å². The molecule has 0 bridgehead atoms. The molecule has 0 radical (unpaired) electrons. The van der Waals surface area contributed by atoms with Crippen LogP contribution in [0.2, 0.25) is 0 Å². The van der Waals surface area contributed by atoms with Crippen LogP contribution in [0.4, 0.5) is 23.0 Å². The number of rotatable bonds is 9. The van der Waals surface area contributed by atoms with E-state index in [1.807, 2.05) is 38.2 Å². The maximum Gasteiger partial charge on any atom is 0.280 e. The van der Waals surface area contributed by atoms with E-state index in [-0.39, 0.29) is 5.56 Å². The van der Waals surface area contributed by atoms with Crippen LogP contribution in [-0.4, -0.2) is 44.4 Å². The third kappa shape index (κ3) is 5.41. The molecule has 0 atom stereocenters. The number of nitrogens with one attached hydrogen (secondary N) is 3. The molecule has 3 heterocycles. The van der Waals surface area contributed by atoms with Gasteiger partial charge in [-0.1, -0.05) is 6.07 Å². The van der Waals surface area contributed by atoms with Crippen LogP contribution >= 0.6 is 0 Å². The summed E-state index contributed by atoms with van der Waals surface area (Å²) in [6.07, 6.45) is 3.34. The third-order valence-corrected chi connectivity index (χ3v) is 5.29. The third-order valence-electron chi connectivity index (χ3n) is 5.29. The maximum absolute atomic E-state index is 13.1. The number of carbonyl (C=O) groups is 1. The Morgan fingerprint density at radius 3 is 2.56 bits per heavy atom. The Morgan fingerprint density at radius 1 is 1.03 bits per heavy atom. The number of carbonyl (C=O) groups excluding carboxylic acids is 1. The summed E-state index contributed by atoms with van der Waals surface area (Å²) in [6, 6.07) is 11.2. The van der Waals surface area contributed by atoms with Crippen molar-refractivity contribution in [2.75, 3.05) is 24.4 Å². The topological polar surface area (TPSA) is 128 Å². The number of amides is 1. The van der Waals surface area contributed by atoms with Gasteiger partial charge in [-0.05, 0) is 45.0 Å². The summed E-state index contributed by atoms with van der Waals surface area (Å²) >= 11 is 0. The Bertz CT molecular complexity index is 1370. The van der Waals surface area contributed by atoms with E-state index < -0.39 is 5.91 Å². The number of pyridine rings is 1. The van der Waals surface area contributed by atoms with Gasteiger partial charge in [0, 0.05) is 36.8 Å². The van der Waals surface area contributed by atoms with Crippen LogP contribution < -0.4 is 20.9 Å². The minimum atomic E-state index is -0.470. The molecule has 0 saturated carbocycles. The number of benzene rings is 1. The zero-order valence-corrected chi connectivity index (χ0v) is 20.8. The standard InChI is InChI=1S/C25H28N8O3/c1-6-36-32-25(34)23-19(9-11-26-24(23)31-22-13-15(2)28-16(3)29-22)30-18-8-7-17(14-21(18)35-5)20-10-12-27-33(20)4/h7-14H,6H2,1-5H3,(H,32,34)(H2,26,28,29,30,31). The second-order valence-corrected chi connectivity index (χ2v) is 7.89. The number of hydroxylamine groups is 1. The average molecular weight is 489 g/mol. The van der Waals surface area contributed by atoms with Crippen LogP contribution in [0.15, 0.2) is 48.8 Å². The highest BCUT2D eigenvalue weighted by atomic mass is 16.6. The predicted molar refractivity (Wildman–Crippen MR) is 137 cm³/mol. The molecule has 11 heteroatoms. The fourth-order valence-corrected chi connectivity index (χ4v) is 3.74. The molecule has 4 rings (SSSR count). The Balaban J connectivity index is 1.73. The number of nitrogens with zero attached hydrogens (tertiary/aromatic N) is 5. The molecule has 3 N–H and O–H groups in total. The molecule has 0 aliphatic rings. The van der Waals surface area contributed by atoms with Crippen molar-refractivity contribution < 1.29 is 14.4 Å². The van der Waals surface area contributed by atoms with Gasteiger partial charge in [0.15, 0.2) is 0 Å². The molecule has 186 valence electrons. The van der Waals surface area contributed by atoms with Gasteiger partial charge < -0.3 is 15.4 Å². The monoisotopic (exact) mass is 488 g/mol. The van der Waals surface area contributed by atoms with Crippen LogP contribution in [0.25, 0.3) is 11.3 Å². The fraction of sp³-hybridized carbons (Fsp3) is 0.240. The first-order chi connectivity index (χ1) is 17.4. The average Bonchev–Trinajstić information content (AvgIpc) is 3.28. The molecule has 3 aromatic heterocycles. The maximum atomic E-state index is 13.1. The van der Waals surface area contributed by atoms with Crippen molar-refractivity contribution in [2.24, 2.45) is 7.05 Å². The summed E-state index contributed by atoms with van der Waals surface area (Å²) in [5, 5.41) is 10.7. The lowest BCUT2D eigenvalue weighted by atomic mass is 10.1.